The van der Waals surface area contributed by atoms with Gasteiger partial charge in [-0.15, -0.1) is 0 Å². The van der Waals surface area contributed by atoms with Crippen LogP contribution in [0.5, 0.6) is 0 Å². The lowest BCUT2D eigenvalue weighted by Crippen LogP contribution is -2.31. The molecule has 0 spiro atoms. The molecular weight excluding hydrogens is 447 g/mol. The first-order valence-electron chi connectivity index (χ1n) is 9.32. The summed E-state index contributed by atoms with van der Waals surface area (Å²) >= 11 is 6.04. The zero-order valence-electron chi connectivity index (χ0n) is 16.5. The van der Waals surface area contributed by atoms with E-state index in [1.54, 1.807) is 31.2 Å². The predicted octanol–water partition coefficient (Wildman–Crippen LogP) is 4.20. The highest BCUT2D eigenvalue weighted by Gasteiger charge is 2.33. The van der Waals surface area contributed by atoms with E-state index in [0.717, 1.165) is 16.8 Å². The fourth-order valence-corrected chi connectivity index (χ4v) is 3.48. The lowest BCUT2D eigenvalue weighted by atomic mass is 10.1. The number of hydrogen-bond donors (Lipinski definition) is 1. The van der Waals surface area contributed by atoms with E-state index in [0.29, 0.717) is 21.8 Å². The summed E-state index contributed by atoms with van der Waals surface area (Å²) in [5.41, 5.74) is -0.883. The Bertz CT molecular complexity index is 1390. The van der Waals surface area contributed by atoms with E-state index in [9.17, 15) is 22.8 Å². The maximum absolute atomic E-state index is 13.2. The van der Waals surface area contributed by atoms with Crippen LogP contribution in [0.25, 0.3) is 16.6 Å². The molecule has 2 aromatic heterocycles. The van der Waals surface area contributed by atoms with E-state index < -0.39 is 35.4 Å². The van der Waals surface area contributed by atoms with Crippen LogP contribution in [0.4, 0.5) is 18.9 Å². The standard InChI is InChI=1S/C21H15ClF3N5O2/c1-12-15-10-26-30(14-6-4-5-13(22)9-14)19(15)20(32)29(28-12)11-18(31)27-17-8-3-2-7-16(17)21(23,24)25/h2-10H,11H2,1H3,(H,27,31). The van der Waals surface area contributed by atoms with E-state index in [2.05, 4.69) is 15.5 Å². The fourth-order valence-electron chi connectivity index (χ4n) is 3.30. The zero-order chi connectivity index (χ0) is 23.0. The van der Waals surface area contributed by atoms with Crippen LogP contribution in [0.2, 0.25) is 5.02 Å². The molecule has 0 fully saturated rings. The minimum absolute atomic E-state index is 0.170. The second kappa shape index (κ2) is 8.12. The number of anilines is 1. The van der Waals surface area contributed by atoms with Gasteiger partial charge in [-0.1, -0.05) is 29.8 Å². The molecule has 164 valence electrons. The Morgan fingerprint density at radius 2 is 1.91 bits per heavy atom. The number of aromatic nitrogens is 4. The highest BCUT2D eigenvalue weighted by atomic mass is 35.5. The van der Waals surface area contributed by atoms with Crippen molar-refractivity contribution in [2.75, 3.05) is 5.32 Å². The molecule has 0 saturated carbocycles. The summed E-state index contributed by atoms with van der Waals surface area (Å²) in [4.78, 5) is 25.6. The van der Waals surface area contributed by atoms with Gasteiger partial charge in [0.1, 0.15) is 12.1 Å². The molecule has 0 aliphatic heterocycles. The number of aryl methyl sites for hydroxylation is 1. The topological polar surface area (TPSA) is 81.8 Å². The molecule has 0 aliphatic rings. The molecule has 2 aromatic carbocycles. The van der Waals surface area contributed by atoms with Gasteiger partial charge in [0, 0.05) is 10.4 Å². The van der Waals surface area contributed by atoms with E-state index in [1.807, 2.05) is 0 Å². The number of nitrogens with zero attached hydrogens (tertiary/aromatic N) is 4. The lowest BCUT2D eigenvalue weighted by molar-refractivity contribution is -0.137. The highest BCUT2D eigenvalue weighted by Crippen LogP contribution is 2.34. The summed E-state index contributed by atoms with van der Waals surface area (Å²) in [6.45, 7) is 1.06. The van der Waals surface area contributed by atoms with E-state index >= 15 is 0 Å². The van der Waals surface area contributed by atoms with Gasteiger partial charge in [-0.05, 0) is 37.3 Å². The van der Waals surface area contributed by atoms with Gasteiger partial charge in [0.15, 0.2) is 0 Å². The van der Waals surface area contributed by atoms with E-state index in [4.69, 9.17) is 11.6 Å². The fraction of sp³-hybridized carbons (Fsp3) is 0.143. The monoisotopic (exact) mass is 461 g/mol. The number of para-hydroxylation sites is 1. The Morgan fingerprint density at radius 1 is 1.16 bits per heavy atom. The van der Waals surface area contributed by atoms with Crippen LogP contribution in [0, 0.1) is 6.92 Å². The Balaban J connectivity index is 1.70. The van der Waals surface area contributed by atoms with Crippen molar-refractivity contribution in [3.8, 4) is 5.69 Å². The van der Waals surface area contributed by atoms with Crippen molar-refractivity contribution in [2.45, 2.75) is 19.6 Å². The van der Waals surface area contributed by atoms with Crippen LogP contribution < -0.4 is 10.9 Å². The average Bonchev–Trinajstić information content (AvgIpc) is 3.17. The largest absolute Gasteiger partial charge is 0.418 e. The maximum atomic E-state index is 13.2. The quantitative estimate of drug-likeness (QED) is 0.494. The number of nitrogens with one attached hydrogen (secondary N) is 1. The van der Waals surface area contributed by atoms with Crippen LogP contribution in [0.1, 0.15) is 11.3 Å². The van der Waals surface area contributed by atoms with Gasteiger partial charge in [0.25, 0.3) is 5.56 Å². The molecule has 2 heterocycles. The molecule has 32 heavy (non-hydrogen) atoms. The van der Waals surface area contributed by atoms with Crippen molar-refractivity contribution in [2.24, 2.45) is 0 Å². The molecule has 4 rings (SSSR count). The first-order chi connectivity index (χ1) is 15.1. The third-order valence-corrected chi connectivity index (χ3v) is 4.95. The lowest BCUT2D eigenvalue weighted by Gasteiger charge is -2.14. The van der Waals surface area contributed by atoms with Gasteiger partial charge in [-0.25, -0.2) is 9.36 Å². The molecule has 7 nitrogen and oxygen atoms in total. The first kappa shape index (κ1) is 21.6. The number of alkyl halides is 3. The van der Waals surface area contributed by atoms with Crippen LogP contribution in [-0.2, 0) is 17.5 Å². The van der Waals surface area contributed by atoms with Crippen molar-refractivity contribution in [3.63, 3.8) is 0 Å². The molecular formula is C21H15ClF3N5O2. The third kappa shape index (κ3) is 4.09. The third-order valence-electron chi connectivity index (χ3n) is 4.72. The number of carbonyl (C=O) groups excluding carboxylic acids is 1. The maximum Gasteiger partial charge on any atom is 0.418 e. The predicted molar refractivity (Wildman–Crippen MR) is 113 cm³/mol. The molecule has 0 radical (unpaired) electrons. The molecule has 1 amide bonds. The number of amides is 1. The van der Waals surface area contributed by atoms with Gasteiger partial charge < -0.3 is 5.32 Å². The van der Waals surface area contributed by atoms with Gasteiger partial charge in [-0.3, -0.25) is 9.59 Å². The SMILES string of the molecule is Cc1nn(CC(=O)Nc2ccccc2C(F)(F)F)c(=O)c2c1cnn2-c1cccc(Cl)c1. The first-order valence-corrected chi connectivity index (χ1v) is 9.70. The molecule has 0 aliphatic carbocycles. The van der Waals surface area contributed by atoms with Gasteiger partial charge in [0.2, 0.25) is 5.91 Å². The van der Waals surface area contributed by atoms with Gasteiger partial charge >= 0.3 is 6.18 Å². The van der Waals surface area contributed by atoms with E-state index in [-0.39, 0.29) is 5.52 Å². The van der Waals surface area contributed by atoms with Crippen LogP contribution in [0.3, 0.4) is 0 Å². The van der Waals surface area contributed by atoms with Crippen molar-refractivity contribution < 1.29 is 18.0 Å². The Labute approximate surface area is 184 Å². The highest BCUT2D eigenvalue weighted by molar-refractivity contribution is 6.30. The van der Waals surface area contributed by atoms with Gasteiger partial charge in [-0.2, -0.15) is 23.4 Å². The summed E-state index contributed by atoms with van der Waals surface area (Å²) < 4.78 is 41.8. The molecule has 1 N–H and O–H groups in total. The van der Waals surface area contributed by atoms with Crippen LogP contribution in [0.15, 0.2) is 59.5 Å². The second-order valence-electron chi connectivity index (χ2n) is 6.94. The molecule has 0 unspecified atom stereocenters. The molecule has 4 aromatic rings. The summed E-state index contributed by atoms with van der Waals surface area (Å²) in [6.07, 6.45) is -3.16. The number of hydrogen-bond acceptors (Lipinski definition) is 4. The molecule has 0 atom stereocenters. The van der Waals surface area contributed by atoms with Crippen molar-refractivity contribution in [1.29, 1.82) is 0 Å². The van der Waals surface area contributed by atoms with Crippen molar-refractivity contribution in [3.05, 3.63) is 81.4 Å². The summed E-state index contributed by atoms with van der Waals surface area (Å²) in [5, 5.41) is 11.5. The smallest absolute Gasteiger partial charge is 0.324 e. The summed E-state index contributed by atoms with van der Waals surface area (Å²) in [7, 11) is 0. The number of benzene rings is 2. The van der Waals surface area contributed by atoms with Gasteiger partial charge in [0.05, 0.1) is 28.8 Å². The summed E-state index contributed by atoms with van der Waals surface area (Å²) in [5.74, 6) is -0.830. The molecule has 0 saturated heterocycles. The molecule has 0 bridgehead atoms. The van der Waals surface area contributed by atoms with Crippen LogP contribution >= 0.6 is 11.6 Å². The number of fused-ring (bicyclic) bond motifs is 1. The summed E-state index contributed by atoms with van der Waals surface area (Å²) in [6, 6.07) is 11.3. The number of halogens is 4. The van der Waals surface area contributed by atoms with Crippen molar-refractivity contribution >= 4 is 34.1 Å². The Morgan fingerprint density at radius 3 is 2.62 bits per heavy atom. The second-order valence-corrected chi connectivity index (χ2v) is 7.37. The minimum Gasteiger partial charge on any atom is -0.324 e. The van der Waals surface area contributed by atoms with Crippen LogP contribution in [-0.4, -0.2) is 25.5 Å². The average molecular weight is 462 g/mol. The van der Waals surface area contributed by atoms with Crippen molar-refractivity contribution in [1.82, 2.24) is 19.6 Å². The molecule has 11 heteroatoms. The normalized spacial score (nSPS) is 11.7. The Hall–Kier alpha value is -3.66. The Kier molecular flexibility index (Phi) is 5.47. The minimum atomic E-state index is -4.64. The zero-order valence-corrected chi connectivity index (χ0v) is 17.3. The number of rotatable bonds is 4. The number of carbonyl (C=O) groups is 1. The van der Waals surface area contributed by atoms with E-state index in [1.165, 1.54) is 23.0 Å².